The standard InChI is InChI=1S/C54H35N5/c1-2-4-18-35(17-3-1)57-44-25-11-9-23-41(44)42-31-32-50-53(54(42)57)43-24-10-16-30-49(43)56(50)36-33-51(58-45-26-12-5-19-37(45)38-20-6-13-27-46(38)58)55-52(34-36)59-47-28-14-7-21-39(47)40-22-8-15-29-48(40)59/h1,3-34H,2H2. The molecule has 7 aromatic carbocycles. The molecule has 5 nitrogen and oxygen atoms in total. The monoisotopic (exact) mass is 753 g/mol. The first-order chi connectivity index (χ1) is 29.3. The van der Waals surface area contributed by atoms with E-state index in [1.54, 1.807) is 0 Å². The second-order valence-electron chi connectivity index (χ2n) is 15.5. The highest BCUT2D eigenvalue weighted by Crippen LogP contribution is 2.43. The zero-order chi connectivity index (χ0) is 38.6. The van der Waals surface area contributed by atoms with Crippen molar-refractivity contribution in [1.82, 2.24) is 23.3 Å². The molecular formula is C54H35N5. The largest absolute Gasteiger partial charge is 0.309 e. The molecule has 5 heteroatoms. The van der Waals surface area contributed by atoms with E-state index in [1.165, 1.54) is 54.1 Å². The minimum absolute atomic E-state index is 0.860. The first kappa shape index (κ1) is 32.2. The van der Waals surface area contributed by atoms with Gasteiger partial charge < -0.3 is 9.13 Å². The third-order valence-corrected chi connectivity index (χ3v) is 12.4. The predicted octanol–water partition coefficient (Wildman–Crippen LogP) is 13.8. The Hall–Kier alpha value is -7.89. The van der Waals surface area contributed by atoms with E-state index >= 15 is 0 Å². The molecule has 0 aliphatic heterocycles. The van der Waals surface area contributed by atoms with E-state index in [2.05, 4.69) is 219 Å². The first-order valence-corrected chi connectivity index (χ1v) is 20.3. The number of hydrogen-bond donors (Lipinski definition) is 0. The molecule has 0 radical (unpaired) electrons. The van der Waals surface area contributed by atoms with Crippen molar-refractivity contribution >= 4 is 92.9 Å². The lowest BCUT2D eigenvalue weighted by Gasteiger charge is -2.16. The van der Waals surface area contributed by atoms with Crippen molar-refractivity contribution in [2.45, 2.75) is 6.42 Å². The minimum Gasteiger partial charge on any atom is -0.309 e. The van der Waals surface area contributed by atoms with Gasteiger partial charge in [0.1, 0.15) is 11.6 Å². The van der Waals surface area contributed by atoms with Crippen LogP contribution in [-0.4, -0.2) is 23.3 Å². The molecule has 0 fully saturated rings. The number of para-hydroxylation sites is 6. The lowest BCUT2D eigenvalue weighted by molar-refractivity contribution is 0.997. The van der Waals surface area contributed by atoms with E-state index in [0.29, 0.717) is 0 Å². The van der Waals surface area contributed by atoms with Crippen LogP contribution < -0.4 is 0 Å². The van der Waals surface area contributed by atoms with Gasteiger partial charge in [0.15, 0.2) is 0 Å². The molecule has 0 N–H and O–H groups in total. The van der Waals surface area contributed by atoms with Gasteiger partial charge in [-0.1, -0.05) is 133 Å². The van der Waals surface area contributed by atoms with Gasteiger partial charge in [-0.3, -0.25) is 9.13 Å². The summed E-state index contributed by atoms with van der Waals surface area (Å²) < 4.78 is 9.61. The fourth-order valence-electron chi connectivity index (χ4n) is 9.96. The van der Waals surface area contributed by atoms with Gasteiger partial charge in [0, 0.05) is 60.9 Å². The molecule has 1 aliphatic carbocycles. The molecule has 276 valence electrons. The number of pyridine rings is 1. The summed E-state index contributed by atoms with van der Waals surface area (Å²) in [5.41, 5.74) is 11.4. The van der Waals surface area contributed by atoms with Crippen molar-refractivity contribution < 1.29 is 0 Å². The van der Waals surface area contributed by atoms with Crippen molar-refractivity contribution in [3.05, 3.63) is 200 Å². The van der Waals surface area contributed by atoms with Gasteiger partial charge in [-0.15, -0.1) is 0 Å². The van der Waals surface area contributed by atoms with Gasteiger partial charge in [-0.05, 0) is 61.0 Å². The molecule has 0 saturated carbocycles. The SMILES string of the molecule is C1=CCC=CC(n2c3ccccc3c3ccc4c(c5ccccc5n4-c4cc(-n5c6ccccc6c6ccccc65)nc(-n5c6ccccc6c6ccccc65)c4)c32)=C1. The lowest BCUT2D eigenvalue weighted by Crippen LogP contribution is -2.06. The molecule has 0 saturated heterocycles. The van der Waals surface area contributed by atoms with Crippen molar-refractivity contribution in [2.75, 3.05) is 0 Å². The lowest BCUT2D eigenvalue weighted by atomic mass is 10.1. The highest BCUT2D eigenvalue weighted by Gasteiger charge is 2.23. The summed E-state index contributed by atoms with van der Waals surface area (Å²) in [4.78, 5) is 5.64. The topological polar surface area (TPSA) is 32.6 Å². The molecule has 12 aromatic rings. The molecule has 59 heavy (non-hydrogen) atoms. The molecule has 0 spiro atoms. The normalized spacial score (nSPS) is 13.3. The van der Waals surface area contributed by atoms with Gasteiger partial charge in [0.2, 0.25) is 0 Å². The van der Waals surface area contributed by atoms with Crippen molar-refractivity contribution in [3.8, 4) is 17.3 Å². The van der Waals surface area contributed by atoms with Crippen LogP contribution >= 0.6 is 0 Å². The number of fused-ring (bicyclic) bond motifs is 13. The van der Waals surface area contributed by atoms with Gasteiger partial charge in [-0.2, -0.15) is 0 Å². The maximum atomic E-state index is 5.64. The Bertz CT molecular complexity index is 3580. The molecular weight excluding hydrogens is 719 g/mol. The summed E-state index contributed by atoms with van der Waals surface area (Å²) in [6.07, 6.45) is 12.1. The Kier molecular flexibility index (Phi) is 6.72. The third-order valence-electron chi connectivity index (χ3n) is 12.4. The number of aromatic nitrogens is 5. The number of rotatable bonds is 4. The van der Waals surface area contributed by atoms with Gasteiger partial charge in [0.05, 0.1) is 49.8 Å². The van der Waals surface area contributed by atoms with E-state index < -0.39 is 0 Å². The molecule has 0 amide bonds. The minimum atomic E-state index is 0.860. The predicted molar refractivity (Wildman–Crippen MR) is 247 cm³/mol. The summed E-state index contributed by atoms with van der Waals surface area (Å²) in [5, 5.41) is 9.75. The molecule has 13 rings (SSSR count). The Morgan fingerprint density at radius 3 is 1.34 bits per heavy atom. The summed E-state index contributed by atoms with van der Waals surface area (Å²) in [7, 11) is 0. The number of benzene rings is 7. The second kappa shape index (κ2) is 12.3. The van der Waals surface area contributed by atoms with Crippen LogP contribution in [-0.2, 0) is 0 Å². The van der Waals surface area contributed by atoms with Crippen LogP contribution in [0, 0.1) is 0 Å². The van der Waals surface area contributed by atoms with E-state index in [0.717, 1.165) is 62.5 Å². The van der Waals surface area contributed by atoms with E-state index in [-0.39, 0.29) is 0 Å². The first-order valence-electron chi connectivity index (χ1n) is 20.3. The van der Waals surface area contributed by atoms with Crippen LogP contribution in [0.5, 0.6) is 0 Å². The summed E-state index contributed by atoms with van der Waals surface area (Å²) in [5.74, 6) is 1.72. The van der Waals surface area contributed by atoms with Crippen molar-refractivity contribution in [2.24, 2.45) is 0 Å². The smallest absolute Gasteiger partial charge is 0.142 e. The van der Waals surface area contributed by atoms with E-state index in [4.69, 9.17) is 4.98 Å². The zero-order valence-electron chi connectivity index (χ0n) is 32.0. The summed E-state index contributed by atoms with van der Waals surface area (Å²) >= 11 is 0. The highest BCUT2D eigenvalue weighted by molar-refractivity contribution is 6.26. The van der Waals surface area contributed by atoms with E-state index in [9.17, 15) is 0 Å². The molecule has 0 bridgehead atoms. The van der Waals surface area contributed by atoms with Gasteiger partial charge >= 0.3 is 0 Å². The van der Waals surface area contributed by atoms with Crippen LogP contribution in [0.25, 0.3) is 110 Å². The summed E-state index contributed by atoms with van der Waals surface area (Å²) in [6.45, 7) is 0. The molecule has 0 atom stereocenters. The van der Waals surface area contributed by atoms with Crippen LogP contribution in [0.2, 0.25) is 0 Å². The Morgan fingerprint density at radius 1 is 0.373 bits per heavy atom. The van der Waals surface area contributed by atoms with Gasteiger partial charge in [-0.25, -0.2) is 4.98 Å². The number of hydrogen-bond acceptors (Lipinski definition) is 1. The average Bonchev–Trinajstić information content (AvgIpc) is 3.95. The van der Waals surface area contributed by atoms with Crippen LogP contribution in [0.3, 0.4) is 0 Å². The molecule has 5 aromatic heterocycles. The van der Waals surface area contributed by atoms with Gasteiger partial charge in [0.25, 0.3) is 0 Å². The van der Waals surface area contributed by atoms with Crippen molar-refractivity contribution in [3.63, 3.8) is 0 Å². The number of nitrogens with zero attached hydrogens (tertiary/aromatic N) is 5. The fraction of sp³-hybridized carbons (Fsp3) is 0.0185. The van der Waals surface area contributed by atoms with Crippen LogP contribution in [0.4, 0.5) is 0 Å². The van der Waals surface area contributed by atoms with Crippen molar-refractivity contribution in [1.29, 1.82) is 0 Å². The van der Waals surface area contributed by atoms with Crippen LogP contribution in [0.1, 0.15) is 6.42 Å². The second-order valence-corrected chi connectivity index (χ2v) is 15.5. The fourth-order valence-corrected chi connectivity index (χ4v) is 9.96. The third kappa shape index (κ3) is 4.52. The Morgan fingerprint density at radius 2 is 0.814 bits per heavy atom. The quantitative estimate of drug-likeness (QED) is 0.176. The van der Waals surface area contributed by atoms with Crippen LogP contribution in [0.15, 0.2) is 200 Å². The Labute approximate surface area is 338 Å². The Balaban J connectivity index is 1.19. The highest BCUT2D eigenvalue weighted by atomic mass is 15.1. The maximum Gasteiger partial charge on any atom is 0.142 e. The zero-order valence-corrected chi connectivity index (χ0v) is 32.0. The van der Waals surface area contributed by atoms with E-state index in [1.807, 2.05) is 0 Å². The maximum absolute atomic E-state index is 5.64. The average molecular weight is 754 g/mol. The molecule has 1 aliphatic rings. The molecule has 0 unspecified atom stereocenters. The summed E-state index contributed by atoms with van der Waals surface area (Å²) in [6, 6.07) is 61.7. The number of allylic oxidation sites excluding steroid dienone is 6. The molecule has 5 heterocycles.